The largest absolute Gasteiger partial charge is 0.298 e. The zero-order chi connectivity index (χ0) is 11.7. The summed E-state index contributed by atoms with van der Waals surface area (Å²) in [5, 5.41) is 4.48. The number of thiophene rings is 1. The van der Waals surface area contributed by atoms with Crippen LogP contribution in [0.25, 0.3) is 0 Å². The molecule has 0 spiro atoms. The van der Waals surface area contributed by atoms with E-state index in [-0.39, 0.29) is 0 Å². The molecule has 0 aliphatic carbocycles. The van der Waals surface area contributed by atoms with Gasteiger partial charge in [-0.15, -0.1) is 0 Å². The smallest absolute Gasteiger partial charge is 0.0224 e. The molecule has 17 heavy (non-hydrogen) atoms. The molecule has 2 saturated heterocycles. The lowest BCUT2D eigenvalue weighted by atomic mass is 10.1. The normalized spacial score (nSPS) is 30.6. The van der Waals surface area contributed by atoms with Gasteiger partial charge in [0.2, 0.25) is 0 Å². The predicted molar refractivity (Wildman–Crippen MR) is 73.7 cm³/mol. The van der Waals surface area contributed by atoms with Gasteiger partial charge in [0, 0.05) is 31.7 Å². The molecule has 0 aromatic carbocycles. The molecule has 94 valence electrons. The molecule has 2 atom stereocenters. The Morgan fingerprint density at radius 3 is 3.18 bits per heavy atom. The van der Waals surface area contributed by atoms with Crippen molar-refractivity contribution < 1.29 is 0 Å². The minimum absolute atomic E-state index is 0.739. The van der Waals surface area contributed by atoms with Gasteiger partial charge in [-0.1, -0.05) is 0 Å². The van der Waals surface area contributed by atoms with Gasteiger partial charge in [-0.2, -0.15) is 11.3 Å². The van der Waals surface area contributed by atoms with Crippen molar-refractivity contribution in [3.63, 3.8) is 0 Å². The molecule has 3 rings (SSSR count). The van der Waals surface area contributed by atoms with E-state index in [0.29, 0.717) is 0 Å². The third-order valence-electron chi connectivity index (χ3n) is 4.33. The van der Waals surface area contributed by atoms with E-state index in [9.17, 15) is 0 Å². The van der Waals surface area contributed by atoms with Crippen molar-refractivity contribution in [3.8, 4) is 0 Å². The monoisotopic (exact) mass is 250 g/mol. The molecule has 0 radical (unpaired) electrons. The molecule has 2 aliphatic rings. The molecule has 0 saturated carbocycles. The van der Waals surface area contributed by atoms with Gasteiger partial charge in [0.15, 0.2) is 0 Å². The van der Waals surface area contributed by atoms with E-state index in [1.54, 1.807) is 0 Å². The molecule has 2 unspecified atom stereocenters. The third-order valence-corrected chi connectivity index (χ3v) is 5.07. The number of hydrogen-bond donors (Lipinski definition) is 0. The number of rotatable bonds is 3. The van der Waals surface area contributed by atoms with Gasteiger partial charge in [0.1, 0.15) is 0 Å². The van der Waals surface area contributed by atoms with Crippen molar-refractivity contribution in [2.75, 3.05) is 26.2 Å². The lowest BCUT2D eigenvalue weighted by Gasteiger charge is -2.42. The number of fused-ring (bicyclic) bond motifs is 1. The van der Waals surface area contributed by atoms with Crippen molar-refractivity contribution >= 4 is 11.3 Å². The molecule has 2 nitrogen and oxygen atoms in total. The molecule has 0 N–H and O–H groups in total. The van der Waals surface area contributed by atoms with E-state index in [4.69, 9.17) is 0 Å². The van der Waals surface area contributed by atoms with Crippen LogP contribution in [0.5, 0.6) is 0 Å². The van der Waals surface area contributed by atoms with E-state index in [1.165, 1.54) is 51.0 Å². The minimum atomic E-state index is 0.739. The van der Waals surface area contributed by atoms with Crippen molar-refractivity contribution in [1.82, 2.24) is 9.80 Å². The molecule has 1 aromatic rings. The Bertz CT molecular complexity index is 349. The molecule has 3 heteroatoms. The Labute approximate surface area is 108 Å². The van der Waals surface area contributed by atoms with Crippen LogP contribution in [0.2, 0.25) is 0 Å². The summed E-state index contributed by atoms with van der Waals surface area (Å²) >= 11 is 1.82. The van der Waals surface area contributed by atoms with Crippen molar-refractivity contribution in [3.05, 3.63) is 22.4 Å². The fraction of sp³-hybridized carbons (Fsp3) is 0.714. The Kier molecular flexibility index (Phi) is 3.50. The molecule has 3 heterocycles. The fourth-order valence-electron chi connectivity index (χ4n) is 3.27. The van der Waals surface area contributed by atoms with Crippen LogP contribution in [0.3, 0.4) is 0 Å². The van der Waals surface area contributed by atoms with Gasteiger partial charge >= 0.3 is 0 Å². The van der Waals surface area contributed by atoms with Gasteiger partial charge in [-0.3, -0.25) is 9.80 Å². The number of nitrogens with zero attached hydrogens (tertiary/aromatic N) is 2. The average Bonchev–Trinajstić information content (AvgIpc) is 2.95. The first-order valence-electron chi connectivity index (χ1n) is 6.82. The Morgan fingerprint density at radius 2 is 2.35 bits per heavy atom. The second kappa shape index (κ2) is 5.09. The topological polar surface area (TPSA) is 6.48 Å². The molecular formula is C14H22N2S. The molecule has 0 bridgehead atoms. The summed E-state index contributed by atoms with van der Waals surface area (Å²) in [6.45, 7) is 7.55. The van der Waals surface area contributed by atoms with Crippen molar-refractivity contribution in [2.45, 2.75) is 38.3 Å². The first-order valence-corrected chi connectivity index (χ1v) is 7.76. The summed E-state index contributed by atoms with van der Waals surface area (Å²) in [6, 6.07) is 3.86. The Morgan fingerprint density at radius 1 is 1.41 bits per heavy atom. The van der Waals surface area contributed by atoms with Crippen LogP contribution in [-0.2, 0) is 6.42 Å². The lowest BCUT2D eigenvalue weighted by molar-refractivity contribution is 0.0605. The standard InChI is InChI=1S/C14H22N2S/c1-12-9-16-6-2-3-14(16)10-15(12)7-4-13-5-8-17-11-13/h5,8,11-12,14H,2-4,6-7,9-10H2,1H3. The fourth-order valence-corrected chi connectivity index (χ4v) is 3.97. The highest BCUT2D eigenvalue weighted by atomic mass is 32.1. The maximum absolute atomic E-state index is 2.70. The first kappa shape index (κ1) is 11.7. The molecule has 2 aliphatic heterocycles. The van der Waals surface area contributed by atoms with E-state index >= 15 is 0 Å². The lowest BCUT2D eigenvalue weighted by Crippen LogP contribution is -2.55. The third kappa shape index (κ3) is 2.56. The molecule has 1 aromatic heterocycles. The van der Waals surface area contributed by atoms with Gasteiger partial charge in [-0.25, -0.2) is 0 Å². The zero-order valence-electron chi connectivity index (χ0n) is 10.6. The van der Waals surface area contributed by atoms with Crippen LogP contribution in [-0.4, -0.2) is 48.1 Å². The SMILES string of the molecule is CC1CN2CCCC2CN1CCc1ccsc1. The Balaban J connectivity index is 1.55. The van der Waals surface area contributed by atoms with Crippen molar-refractivity contribution in [2.24, 2.45) is 0 Å². The minimum Gasteiger partial charge on any atom is -0.298 e. The zero-order valence-corrected chi connectivity index (χ0v) is 11.5. The molecule has 0 amide bonds. The summed E-state index contributed by atoms with van der Waals surface area (Å²) in [7, 11) is 0. The van der Waals surface area contributed by atoms with Crippen LogP contribution in [0.4, 0.5) is 0 Å². The van der Waals surface area contributed by atoms with Gasteiger partial charge in [0.25, 0.3) is 0 Å². The second-order valence-electron chi connectivity index (χ2n) is 5.52. The molecule has 2 fully saturated rings. The van der Waals surface area contributed by atoms with Crippen molar-refractivity contribution in [1.29, 1.82) is 0 Å². The van der Waals surface area contributed by atoms with Gasteiger partial charge in [0.05, 0.1) is 0 Å². The van der Waals surface area contributed by atoms with E-state index < -0.39 is 0 Å². The maximum Gasteiger partial charge on any atom is 0.0224 e. The van der Waals surface area contributed by atoms with Crippen LogP contribution in [0.15, 0.2) is 16.8 Å². The van der Waals surface area contributed by atoms with Crippen LogP contribution >= 0.6 is 11.3 Å². The van der Waals surface area contributed by atoms with Crippen LogP contribution in [0, 0.1) is 0 Å². The Hall–Kier alpha value is -0.380. The van der Waals surface area contributed by atoms with E-state index in [1.807, 2.05) is 11.3 Å². The molecular weight excluding hydrogens is 228 g/mol. The summed E-state index contributed by atoms with van der Waals surface area (Å²) in [4.78, 5) is 5.40. The second-order valence-corrected chi connectivity index (χ2v) is 6.30. The highest BCUT2D eigenvalue weighted by Gasteiger charge is 2.33. The maximum atomic E-state index is 2.70. The highest BCUT2D eigenvalue weighted by molar-refractivity contribution is 7.07. The van der Waals surface area contributed by atoms with E-state index in [0.717, 1.165) is 12.1 Å². The quantitative estimate of drug-likeness (QED) is 0.813. The number of piperazine rings is 1. The summed E-state index contributed by atoms with van der Waals surface area (Å²) in [5.41, 5.74) is 1.51. The summed E-state index contributed by atoms with van der Waals surface area (Å²) < 4.78 is 0. The summed E-state index contributed by atoms with van der Waals surface area (Å²) in [6.07, 6.45) is 4.05. The van der Waals surface area contributed by atoms with Crippen LogP contribution in [0.1, 0.15) is 25.3 Å². The highest BCUT2D eigenvalue weighted by Crippen LogP contribution is 2.24. The number of hydrogen-bond acceptors (Lipinski definition) is 3. The van der Waals surface area contributed by atoms with Gasteiger partial charge < -0.3 is 0 Å². The predicted octanol–water partition coefficient (Wildman–Crippen LogP) is 2.46. The van der Waals surface area contributed by atoms with Crippen LogP contribution < -0.4 is 0 Å². The first-order chi connectivity index (χ1) is 8.33. The van der Waals surface area contributed by atoms with E-state index in [2.05, 4.69) is 33.6 Å². The average molecular weight is 250 g/mol. The summed E-state index contributed by atoms with van der Waals surface area (Å²) in [5.74, 6) is 0. The van der Waals surface area contributed by atoms with Gasteiger partial charge in [-0.05, 0) is 55.1 Å².